The average Bonchev–Trinajstić information content (AvgIpc) is 2.51. The predicted octanol–water partition coefficient (Wildman–Crippen LogP) is 5.42. The highest BCUT2D eigenvalue weighted by atomic mass is 79.9. The molecule has 4 rings (SSSR count). The molecule has 0 bridgehead atoms. The van der Waals surface area contributed by atoms with Crippen molar-refractivity contribution in [3.05, 3.63) is 0 Å². The topological polar surface area (TPSA) is 12.0 Å². The molecule has 0 amide bonds. The van der Waals surface area contributed by atoms with Gasteiger partial charge in [0.2, 0.25) is 0 Å². The molecular weight excluding hydrogens is 322 g/mol. The van der Waals surface area contributed by atoms with Crippen LogP contribution >= 0.6 is 15.9 Å². The molecule has 2 heteroatoms. The third kappa shape index (κ3) is 2.53. The number of nitrogens with one attached hydrogen (secondary N) is 1. The van der Waals surface area contributed by atoms with Gasteiger partial charge in [-0.05, 0) is 69.1 Å². The minimum Gasteiger partial charge on any atom is -0.307 e. The Kier molecular flexibility index (Phi) is 4.39. The van der Waals surface area contributed by atoms with E-state index in [1.165, 1.54) is 83.5 Å². The van der Waals surface area contributed by atoms with E-state index >= 15 is 0 Å². The van der Waals surface area contributed by atoms with Crippen molar-refractivity contribution < 1.29 is 0 Å². The molecule has 21 heavy (non-hydrogen) atoms. The van der Waals surface area contributed by atoms with Crippen molar-refractivity contribution in [1.82, 2.24) is 5.32 Å². The summed E-state index contributed by atoms with van der Waals surface area (Å²) in [5.41, 5.74) is 0.568. The van der Waals surface area contributed by atoms with Crippen LogP contribution in [0.2, 0.25) is 0 Å². The van der Waals surface area contributed by atoms with Crippen LogP contribution in [0.1, 0.15) is 83.5 Å². The Morgan fingerprint density at radius 3 is 2.00 bits per heavy atom. The Morgan fingerprint density at radius 1 is 0.667 bits per heavy atom. The van der Waals surface area contributed by atoms with Gasteiger partial charge in [0, 0.05) is 16.4 Å². The summed E-state index contributed by atoms with van der Waals surface area (Å²) in [4.78, 5) is 0.805. The van der Waals surface area contributed by atoms with Crippen molar-refractivity contribution in [2.45, 2.75) is 99.9 Å². The van der Waals surface area contributed by atoms with Gasteiger partial charge in [-0.2, -0.15) is 0 Å². The van der Waals surface area contributed by atoms with Crippen molar-refractivity contribution in [1.29, 1.82) is 0 Å². The third-order valence-electron chi connectivity index (χ3n) is 7.43. The van der Waals surface area contributed by atoms with E-state index in [9.17, 15) is 0 Å². The van der Waals surface area contributed by atoms with E-state index in [2.05, 4.69) is 21.2 Å². The summed E-state index contributed by atoms with van der Waals surface area (Å²) in [6, 6.07) is 0.891. The molecule has 3 unspecified atom stereocenters. The quantitative estimate of drug-likeness (QED) is 0.653. The average molecular weight is 354 g/mol. The first-order chi connectivity index (χ1) is 10.3. The molecule has 0 spiro atoms. The Hall–Kier alpha value is 0.440. The molecule has 1 aliphatic heterocycles. The van der Waals surface area contributed by atoms with Crippen LogP contribution in [0.15, 0.2) is 0 Å². The fourth-order valence-corrected chi connectivity index (χ4v) is 7.02. The molecule has 120 valence electrons. The molecule has 3 aliphatic carbocycles. The van der Waals surface area contributed by atoms with Crippen LogP contribution in [-0.2, 0) is 0 Å². The number of alkyl halides is 1. The third-order valence-corrected chi connectivity index (χ3v) is 8.34. The molecule has 0 aromatic rings. The largest absolute Gasteiger partial charge is 0.307 e. The Bertz CT molecular complexity index is 347. The van der Waals surface area contributed by atoms with Crippen molar-refractivity contribution in [2.24, 2.45) is 17.8 Å². The standard InChI is InChI=1S/C19H32BrN/c20-16-12-10-15(11-13-16)19(14-6-2-1-3-7-14)17-8-4-5-9-18(17)21-19/h14-18,21H,1-13H2. The van der Waals surface area contributed by atoms with Crippen LogP contribution < -0.4 is 5.32 Å². The SMILES string of the molecule is BrC1CCC(C2(C3CCCCC3)NC3CCCCC32)CC1. The van der Waals surface area contributed by atoms with E-state index in [1.54, 1.807) is 0 Å². The molecule has 0 radical (unpaired) electrons. The molecule has 1 nitrogen and oxygen atoms in total. The fourth-order valence-electron chi connectivity index (χ4n) is 6.49. The number of rotatable bonds is 2. The first kappa shape index (κ1) is 15.0. The van der Waals surface area contributed by atoms with Gasteiger partial charge in [-0.1, -0.05) is 48.0 Å². The van der Waals surface area contributed by atoms with Gasteiger partial charge in [-0.3, -0.25) is 0 Å². The van der Waals surface area contributed by atoms with Crippen LogP contribution in [0.3, 0.4) is 0 Å². The highest BCUT2D eigenvalue weighted by Crippen LogP contribution is 2.56. The number of hydrogen-bond donors (Lipinski definition) is 1. The van der Waals surface area contributed by atoms with E-state index in [0.29, 0.717) is 5.54 Å². The Balaban J connectivity index is 1.56. The van der Waals surface area contributed by atoms with Crippen molar-refractivity contribution in [3.8, 4) is 0 Å². The molecule has 1 N–H and O–H groups in total. The second-order valence-electron chi connectivity index (χ2n) is 8.36. The van der Waals surface area contributed by atoms with Crippen LogP contribution in [0.25, 0.3) is 0 Å². The highest BCUT2D eigenvalue weighted by molar-refractivity contribution is 9.09. The Morgan fingerprint density at radius 2 is 1.29 bits per heavy atom. The van der Waals surface area contributed by atoms with Gasteiger partial charge in [0.15, 0.2) is 0 Å². The van der Waals surface area contributed by atoms with Crippen LogP contribution in [0.5, 0.6) is 0 Å². The molecule has 3 atom stereocenters. The highest BCUT2D eigenvalue weighted by Gasteiger charge is 2.60. The molecule has 3 saturated carbocycles. The summed E-state index contributed by atoms with van der Waals surface area (Å²) < 4.78 is 0. The van der Waals surface area contributed by atoms with Crippen LogP contribution in [-0.4, -0.2) is 16.4 Å². The summed E-state index contributed by atoms with van der Waals surface area (Å²) >= 11 is 3.87. The fraction of sp³-hybridized carbons (Fsp3) is 1.00. The van der Waals surface area contributed by atoms with Crippen LogP contribution in [0.4, 0.5) is 0 Å². The minimum absolute atomic E-state index is 0.568. The summed E-state index contributed by atoms with van der Waals surface area (Å²) in [6.45, 7) is 0. The summed E-state index contributed by atoms with van der Waals surface area (Å²) in [7, 11) is 0. The van der Waals surface area contributed by atoms with Gasteiger partial charge in [0.25, 0.3) is 0 Å². The first-order valence-electron chi connectivity index (χ1n) is 9.72. The van der Waals surface area contributed by atoms with Gasteiger partial charge in [0.05, 0.1) is 0 Å². The first-order valence-corrected chi connectivity index (χ1v) is 10.6. The normalized spacial score (nSPS) is 48.4. The summed E-state index contributed by atoms with van der Waals surface area (Å²) in [5.74, 6) is 3.02. The number of halogens is 1. The van der Waals surface area contributed by atoms with Crippen molar-refractivity contribution >= 4 is 15.9 Å². The molecule has 4 aliphatic rings. The molecule has 0 aromatic carbocycles. The smallest absolute Gasteiger partial charge is 0.0283 e. The second-order valence-corrected chi connectivity index (χ2v) is 9.65. The maximum absolute atomic E-state index is 4.23. The molecule has 1 heterocycles. The zero-order valence-corrected chi connectivity index (χ0v) is 15.0. The van der Waals surface area contributed by atoms with Crippen molar-refractivity contribution in [2.75, 3.05) is 0 Å². The number of hydrogen-bond acceptors (Lipinski definition) is 1. The zero-order chi connectivity index (χ0) is 14.3. The zero-order valence-electron chi connectivity index (χ0n) is 13.5. The lowest BCUT2D eigenvalue weighted by Gasteiger charge is -2.66. The molecule has 0 aromatic heterocycles. The van der Waals surface area contributed by atoms with Gasteiger partial charge < -0.3 is 5.32 Å². The second kappa shape index (κ2) is 6.15. The van der Waals surface area contributed by atoms with E-state index in [-0.39, 0.29) is 0 Å². The van der Waals surface area contributed by atoms with Gasteiger partial charge in [-0.25, -0.2) is 0 Å². The lowest BCUT2D eigenvalue weighted by molar-refractivity contribution is -0.0997. The lowest BCUT2D eigenvalue weighted by Crippen LogP contribution is -2.78. The van der Waals surface area contributed by atoms with Gasteiger partial charge in [0.1, 0.15) is 0 Å². The van der Waals surface area contributed by atoms with E-state index in [4.69, 9.17) is 0 Å². The van der Waals surface area contributed by atoms with Crippen LogP contribution in [0, 0.1) is 17.8 Å². The maximum Gasteiger partial charge on any atom is 0.0283 e. The van der Waals surface area contributed by atoms with Gasteiger partial charge >= 0.3 is 0 Å². The maximum atomic E-state index is 4.23. The van der Waals surface area contributed by atoms with Gasteiger partial charge in [-0.15, -0.1) is 0 Å². The lowest BCUT2D eigenvalue weighted by atomic mass is 9.50. The van der Waals surface area contributed by atoms with E-state index < -0.39 is 0 Å². The summed E-state index contributed by atoms with van der Waals surface area (Å²) in [6.07, 6.45) is 19.3. The molecular formula is C19H32BrN. The van der Waals surface area contributed by atoms with E-state index in [0.717, 1.165) is 28.6 Å². The minimum atomic E-state index is 0.568. The van der Waals surface area contributed by atoms with E-state index in [1.807, 2.05) is 0 Å². The Labute approximate surface area is 139 Å². The predicted molar refractivity (Wildman–Crippen MR) is 92.9 cm³/mol. The van der Waals surface area contributed by atoms with Crippen molar-refractivity contribution in [3.63, 3.8) is 0 Å². The monoisotopic (exact) mass is 353 g/mol. The number of fused-ring (bicyclic) bond motifs is 1. The molecule has 4 fully saturated rings. The molecule has 1 saturated heterocycles. The summed E-state index contributed by atoms with van der Waals surface area (Å²) in [5, 5.41) is 4.23.